The van der Waals surface area contributed by atoms with Gasteiger partial charge in [0.2, 0.25) is 0 Å². The van der Waals surface area contributed by atoms with E-state index in [-0.39, 0.29) is 24.3 Å². The molecule has 16 heavy (non-hydrogen) atoms. The van der Waals surface area contributed by atoms with Crippen LogP contribution in [0.25, 0.3) is 0 Å². The van der Waals surface area contributed by atoms with E-state index in [0.717, 1.165) is 5.69 Å². The van der Waals surface area contributed by atoms with Gasteiger partial charge >= 0.3 is 6.09 Å². The summed E-state index contributed by atoms with van der Waals surface area (Å²) in [6, 6.07) is 0.179. The van der Waals surface area contributed by atoms with Crippen molar-refractivity contribution in [1.29, 1.82) is 0 Å². The molecule has 0 aromatic carbocycles. The van der Waals surface area contributed by atoms with Crippen LogP contribution >= 0.6 is 0 Å². The Labute approximate surface area is 95.0 Å². The standard InChI is InChI=1S/C11H17N3O2/c1-7(2)14-8(3)10(16-11(14)15)9-5-13(4)6-12-9/h5-8,10H,1-4H3/t8-,10-/m0/s1. The van der Waals surface area contributed by atoms with Gasteiger partial charge in [0.1, 0.15) is 5.69 Å². The summed E-state index contributed by atoms with van der Waals surface area (Å²) in [6.07, 6.45) is 3.10. The van der Waals surface area contributed by atoms with Crippen molar-refractivity contribution in [3.05, 3.63) is 18.2 Å². The lowest BCUT2D eigenvalue weighted by molar-refractivity contribution is 0.127. The third-order valence-electron chi connectivity index (χ3n) is 2.89. The quantitative estimate of drug-likeness (QED) is 0.766. The van der Waals surface area contributed by atoms with E-state index in [0.29, 0.717) is 0 Å². The van der Waals surface area contributed by atoms with Crippen molar-refractivity contribution in [2.24, 2.45) is 7.05 Å². The molecule has 1 aliphatic heterocycles. The molecule has 0 saturated carbocycles. The van der Waals surface area contributed by atoms with Crippen molar-refractivity contribution in [3.8, 4) is 0 Å². The molecule has 1 saturated heterocycles. The fourth-order valence-corrected chi connectivity index (χ4v) is 2.15. The van der Waals surface area contributed by atoms with Crippen LogP contribution in [-0.4, -0.2) is 32.6 Å². The zero-order chi connectivity index (χ0) is 11.9. The average Bonchev–Trinajstić information content (AvgIpc) is 2.70. The number of cyclic esters (lactones) is 1. The largest absolute Gasteiger partial charge is 0.437 e. The number of imidazole rings is 1. The van der Waals surface area contributed by atoms with Crippen LogP contribution in [0.15, 0.2) is 12.5 Å². The van der Waals surface area contributed by atoms with Gasteiger partial charge in [-0.3, -0.25) is 4.90 Å². The minimum Gasteiger partial charge on any atom is -0.437 e. The van der Waals surface area contributed by atoms with Crippen LogP contribution in [0.4, 0.5) is 4.79 Å². The van der Waals surface area contributed by atoms with Crippen LogP contribution in [0.1, 0.15) is 32.6 Å². The van der Waals surface area contributed by atoms with Crippen LogP contribution in [0.3, 0.4) is 0 Å². The van der Waals surface area contributed by atoms with Gasteiger partial charge in [-0.05, 0) is 20.8 Å². The van der Waals surface area contributed by atoms with Crippen LogP contribution in [0.5, 0.6) is 0 Å². The van der Waals surface area contributed by atoms with E-state index in [2.05, 4.69) is 4.98 Å². The lowest BCUT2D eigenvalue weighted by Gasteiger charge is -2.23. The molecule has 0 spiro atoms. The van der Waals surface area contributed by atoms with E-state index in [9.17, 15) is 4.79 Å². The monoisotopic (exact) mass is 223 g/mol. The molecule has 1 aromatic rings. The predicted octanol–water partition coefficient (Wildman–Crippen LogP) is 1.71. The maximum atomic E-state index is 11.7. The van der Waals surface area contributed by atoms with Crippen molar-refractivity contribution in [2.75, 3.05) is 0 Å². The topological polar surface area (TPSA) is 47.4 Å². The van der Waals surface area contributed by atoms with E-state index in [1.54, 1.807) is 11.2 Å². The van der Waals surface area contributed by atoms with Gasteiger partial charge in [-0.2, -0.15) is 0 Å². The van der Waals surface area contributed by atoms with Crippen LogP contribution in [0.2, 0.25) is 0 Å². The molecule has 0 unspecified atom stereocenters. The van der Waals surface area contributed by atoms with E-state index in [4.69, 9.17) is 4.74 Å². The molecule has 2 heterocycles. The molecule has 1 fully saturated rings. The summed E-state index contributed by atoms with van der Waals surface area (Å²) in [5, 5.41) is 0. The highest BCUT2D eigenvalue weighted by molar-refractivity contribution is 5.71. The predicted molar refractivity (Wildman–Crippen MR) is 58.9 cm³/mol. The highest BCUT2D eigenvalue weighted by Gasteiger charge is 2.41. The highest BCUT2D eigenvalue weighted by atomic mass is 16.6. The van der Waals surface area contributed by atoms with Gasteiger partial charge in [0.05, 0.1) is 12.4 Å². The molecule has 0 bridgehead atoms. The number of aryl methyl sites for hydroxylation is 1. The first-order chi connectivity index (χ1) is 7.50. The molecule has 0 radical (unpaired) electrons. The second-order valence-corrected chi connectivity index (χ2v) is 4.51. The number of nitrogens with zero attached hydrogens (tertiary/aromatic N) is 3. The maximum absolute atomic E-state index is 11.7. The first kappa shape index (κ1) is 11.0. The Hall–Kier alpha value is -1.52. The summed E-state index contributed by atoms with van der Waals surface area (Å²) in [5.74, 6) is 0. The lowest BCUT2D eigenvalue weighted by atomic mass is 10.1. The Morgan fingerprint density at radius 1 is 1.50 bits per heavy atom. The lowest BCUT2D eigenvalue weighted by Crippen LogP contribution is -2.37. The Morgan fingerprint density at radius 2 is 2.19 bits per heavy atom. The maximum Gasteiger partial charge on any atom is 0.411 e. The molecule has 0 N–H and O–H groups in total. The number of amides is 1. The van der Waals surface area contributed by atoms with Crippen LogP contribution < -0.4 is 0 Å². The number of hydrogen-bond donors (Lipinski definition) is 0. The Morgan fingerprint density at radius 3 is 2.62 bits per heavy atom. The number of ether oxygens (including phenoxy) is 1. The molecule has 88 valence electrons. The zero-order valence-electron chi connectivity index (χ0n) is 10.0. The number of hydrogen-bond acceptors (Lipinski definition) is 3. The average molecular weight is 223 g/mol. The Balaban J connectivity index is 2.23. The third-order valence-corrected chi connectivity index (χ3v) is 2.89. The summed E-state index contributed by atoms with van der Waals surface area (Å²) in [5.41, 5.74) is 0.812. The summed E-state index contributed by atoms with van der Waals surface area (Å²) < 4.78 is 7.21. The van der Waals surface area contributed by atoms with Crippen LogP contribution in [0, 0.1) is 0 Å². The smallest absolute Gasteiger partial charge is 0.411 e. The molecule has 2 atom stereocenters. The second-order valence-electron chi connectivity index (χ2n) is 4.51. The van der Waals surface area contributed by atoms with Gasteiger partial charge < -0.3 is 9.30 Å². The van der Waals surface area contributed by atoms with Gasteiger partial charge in [-0.25, -0.2) is 9.78 Å². The van der Waals surface area contributed by atoms with Gasteiger partial charge in [0.25, 0.3) is 0 Å². The highest BCUT2D eigenvalue weighted by Crippen LogP contribution is 2.32. The first-order valence-electron chi connectivity index (χ1n) is 5.47. The Kier molecular flexibility index (Phi) is 2.61. The molecule has 5 heteroatoms. The zero-order valence-corrected chi connectivity index (χ0v) is 10.0. The van der Waals surface area contributed by atoms with Gasteiger partial charge in [-0.1, -0.05) is 0 Å². The second kappa shape index (κ2) is 3.81. The number of aromatic nitrogens is 2. The molecular formula is C11H17N3O2. The first-order valence-corrected chi connectivity index (χ1v) is 5.47. The van der Waals surface area contributed by atoms with Crippen molar-refractivity contribution >= 4 is 6.09 Å². The summed E-state index contributed by atoms with van der Waals surface area (Å²) >= 11 is 0. The SMILES string of the molecule is CC(C)N1C(=O)O[C@H](c2cn(C)cn2)[C@@H]1C. The fourth-order valence-electron chi connectivity index (χ4n) is 2.15. The minimum atomic E-state index is -0.254. The molecule has 1 aromatic heterocycles. The number of carbonyl (C=O) groups is 1. The normalized spacial score (nSPS) is 25.3. The fraction of sp³-hybridized carbons (Fsp3) is 0.636. The van der Waals surface area contributed by atoms with E-state index in [1.165, 1.54) is 0 Å². The summed E-state index contributed by atoms with van der Waals surface area (Å²) in [7, 11) is 1.90. The molecule has 1 amide bonds. The number of rotatable bonds is 2. The molecule has 2 rings (SSSR count). The van der Waals surface area contributed by atoms with Gasteiger partial charge in [0.15, 0.2) is 6.10 Å². The van der Waals surface area contributed by atoms with Crippen molar-refractivity contribution in [1.82, 2.24) is 14.5 Å². The molecule has 0 aliphatic carbocycles. The van der Waals surface area contributed by atoms with Gasteiger partial charge in [0, 0.05) is 19.3 Å². The molecule has 5 nitrogen and oxygen atoms in total. The van der Waals surface area contributed by atoms with Crippen molar-refractivity contribution in [3.63, 3.8) is 0 Å². The third kappa shape index (κ3) is 1.66. The van der Waals surface area contributed by atoms with E-state index >= 15 is 0 Å². The number of carbonyl (C=O) groups excluding carboxylic acids is 1. The van der Waals surface area contributed by atoms with Crippen molar-refractivity contribution in [2.45, 2.75) is 39.0 Å². The summed E-state index contributed by atoms with van der Waals surface area (Å²) in [6.45, 7) is 5.96. The van der Waals surface area contributed by atoms with Crippen LogP contribution in [-0.2, 0) is 11.8 Å². The van der Waals surface area contributed by atoms with Gasteiger partial charge in [-0.15, -0.1) is 0 Å². The molecule has 1 aliphatic rings. The summed E-state index contributed by atoms with van der Waals surface area (Å²) in [4.78, 5) is 17.7. The van der Waals surface area contributed by atoms with Crippen molar-refractivity contribution < 1.29 is 9.53 Å². The van der Waals surface area contributed by atoms with E-state index in [1.807, 2.05) is 38.6 Å². The molecular weight excluding hydrogens is 206 g/mol. The van der Waals surface area contributed by atoms with E-state index < -0.39 is 0 Å². The minimum absolute atomic E-state index is 0.0300. The Bertz CT molecular complexity index is 400.